The lowest BCUT2D eigenvalue weighted by Crippen LogP contribution is -2.53. The summed E-state index contributed by atoms with van der Waals surface area (Å²) in [6.07, 6.45) is 2.21. The number of nitrogens with two attached hydrogens (primary N) is 1. The van der Waals surface area contributed by atoms with Gasteiger partial charge in [0.15, 0.2) is 0 Å². The van der Waals surface area contributed by atoms with Gasteiger partial charge in [0.1, 0.15) is 5.82 Å². The Morgan fingerprint density at radius 1 is 1.44 bits per heavy atom. The van der Waals surface area contributed by atoms with E-state index in [4.69, 9.17) is 11.0 Å². The van der Waals surface area contributed by atoms with E-state index in [-0.39, 0.29) is 29.7 Å². The van der Waals surface area contributed by atoms with Gasteiger partial charge in [0.05, 0.1) is 24.4 Å². The van der Waals surface area contributed by atoms with Gasteiger partial charge in [-0.1, -0.05) is 0 Å². The maximum atomic E-state index is 12.3. The number of piperazine rings is 1. The lowest BCUT2D eigenvalue weighted by atomic mass is 10.1. The van der Waals surface area contributed by atoms with Crippen molar-refractivity contribution < 1.29 is 9.59 Å². The molecule has 1 saturated heterocycles. The summed E-state index contributed by atoms with van der Waals surface area (Å²) in [5, 5.41) is 16.3. The predicted octanol–water partition coefficient (Wildman–Crippen LogP) is 1.24. The van der Waals surface area contributed by atoms with Gasteiger partial charge >= 0.3 is 0 Å². The summed E-state index contributed by atoms with van der Waals surface area (Å²) < 4.78 is 0. The van der Waals surface area contributed by atoms with Crippen LogP contribution in [0.5, 0.6) is 0 Å². The first kappa shape index (κ1) is 17.2. The van der Waals surface area contributed by atoms with E-state index in [1.807, 2.05) is 13.0 Å². The molecule has 2 aromatic rings. The summed E-state index contributed by atoms with van der Waals surface area (Å²) in [5.74, 6) is -0.252. The van der Waals surface area contributed by atoms with Crippen LogP contribution in [0.1, 0.15) is 13.3 Å². The van der Waals surface area contributed by atoms with Crippen molar-refractivity contribution >= 4 is 39.8 Å². The molecular weight excluding hydrogens is 344 g/mol. The molecule has 2 aliphatic rings. The van der Waals surface area contributed by atoms with Crippen LogP contribution in [0.2, 0.25) is 0 Å². The van der Waals surface area contributed by atoms with Gasteiger partial charge in [0.2, 0.25) is 11.8 Å². The average molecular weight is 364 g/mol. The summed E-state index contributed by atoms with van der Waals surface area (Å²) in [5.41, 5.74) is 7.44. The van der Waals surface area contributed by atoms with Gasteiger partial charge in [-0.3, -0.25) is 9.59 Å². The minimum Gasteiger partial charge on any atom is -0.398 e. The number of fused-ring (bicyclic) bond motifs is 1. The minimum absolute atomic E-state index is 0.00800. The van der Waals surface area contributed by atoms with E-state index in [9.17, 15) is 9.59 Å². The molecule has 138 valence electrons. The van der Waals surface area contributed by atoms with E-state index in [0.717, 1.165) is 16.5 Å². The van der Waals surface area contributed by atoms with Crippen LogP contribution in [0.25, 0.3) is 10.8 Å². The monoisotopic (exact) mass is 364 g/mol. The molecule has 1 aromatic heterocycles. The molecule has 27 heavy (non-hydrogen) atoms. The van der Waals surface area contributed by atoms with Gasteiger partial charge < -0.3 is 21.3 Å². The van der Waals surface area contributed by atoms with Gasteiger partial charge in [-0.2, -0.15) is 5.26 Å². The van der Waals surface area contributed by atoms with Crippen LogP contribution in [0.15, 0.2) is 24.4 Å². The summed E-state index contributed by atoms with van der Waals surface area (Å²) >= 11 is 0. The molecule has 2 heterocycles. The second kappa shape index (κ2) is 6.52. The molecule has 2 fully saturated rings. The van der Waals surface area contributed by atoms with E-state index in [0.29, 0.717) is 31.0 Å². The number of nitrogens with one attached hydrogen (secondary N) is 2. The molecule has 3 atom stereocenters. The third-order valence-electron chi connectivity index (χ3n) is 5.10. The third-order valence-corrected chi connectivity index (χ3v) is 5.10. The zero-order valence-corrected chi connectivity index (χ0v) is 14.9. The fourth-order valence-electron chi connectivity index (χ4n) is 3.53. The van der Waals surface area contributed by atoms with Crippen molar-refractivity contribution in [3.63, 3.8) is 0 Å². The molecule has 8 nitrogen and oxygen atoms in total. The van der Waals surface area contributed by atoms with E-state index in [2.05, 4.69) is 21.7 Å². The van der Waals surface area contributed by atoms with Crippen molar-refractivity contribution in [1.82, 2.24) is 10.3 Å². The number of carbonyl (C=O) groups is 2. The number of rotatable bonds is 3. The molecule has 1 aromatic carbocycles. The van der Waals surface area contributed by atoms with Crippen molar-refractivity contribution in [2.45, 2.75) is 19.4 Å². The van der Waals surface area contributed by atoms with Crippen molar-refractivity contribution in [1.29, 1.82) is 5.26 Å². The maximum Gasteiger partial charge on any atom is 0.241 e. The number of nitriles is 1. The zero-order valence-electron chi connectivity index (χ0n) is 14.9. The largest absolute Gasteiger partial charge is 0.398 e. The van der Waals surface area contributed by atoms with Gasteiger partial charge in [0.25, 0.3) is 0 Å². The topological polar surface area (TPSA) is 124 Å². The fraction of sp³-hybridized carbons (Fsp3) is 0.368. The smallest absolute Gasteiger partial charge is 0.241 e. The maximum absolute atomic E-state index is 12.3. The highest BCUT2D eigenvalue weighted by Crippen LogP contribution is 2.38. The van der Waals surface area contributed by atoms with Crippen LogP contribution < -0.4 is 21.3 Å². The summed E-state index contributed by atoms with van der Waals surface area (Å²) in [6.45, 7) is 2.98. The molecule has 1 saturated carbocycles. The number of nitrogen functional groups attached to an aromatic ring is 1. The highest BCUT2D eigenvalue weighted by atomic mass is 16.2. The van der Waals surface area contributed by atoms with Crippen LogP contribution in [0.4, 0.5) is 17.2 Å². The molecule has 2 unspecified atom stereocenters. The Hall–Kier alpha value is -3.18. The number of nitrogens with zero attached hydrogens (tertiary/aromatic N) is 3. The molecular formula is C19H20N6O2. The van der Waals surface area contributed by atoms with Crippen LogP contribution in [-0.4, -0.2) is 35.9 Å². The fourth-order valence-corrected chi connectivity index (χ4v) is 3.53. The first-order valence-electron chi connectivity index (χ1n) is 8.90. The number of anilines is 3. The summed E-state index contributed by atoms with van der Waals surface area (Å²) in [7, 11) is 0. The highest BCUT2D eigenvalue weighted by molar-refractivity contribution is 6.03. The molecule has 0 radical (unpaired) electrons. The number of pyridine rings is 1. The number of hydrogen-bond donors (Lipinski definition) is 3. The second-order valence-corrected chi connectivity index (χ2v) is 7.14. The molecule has 0 bridgehead atoms. The van der Waals surface area contributed by atoms with Crippen molar-refractivity contribution in [3.05, 3.63) is 24.4 Å². The van der Waals surface area contributed by atoms with E-state index < -0.39 is 0 Å². The van der Waals surface area contributed by atoms with Crippen LogP contribution in [0, 0.1) is 23.2 Å². The highest BCUT2D eigenvalue weighted by Gasteiger charge is 2.43. The minimum atomic E-state index is -0.261. The molecule has 0 spiro atoms. The van der Waals surface area contributed by atoms with Crippen LogP contribution in [0.3, 0.4) is 0 Å². The Kier molecular flexibility index (Phi) is 4.16. The first-order chi connectivity index (χ1) is 13.0. The molecule has 8 heteroatoms. The zero-order chi connectivity index (χ0) is 19.1. The predicted molar refractivity (Wildman–Crippen MR) is 102 cm³/mol. The Morgan fingerprint density at radius 3 is 2.96 bits per heavy atom. The van der Waals surface area contributed by atoms with E-state index in [1.165, 1.54) is 0 Å². The number of aromatic nitrogens is 1. The molecule has 4 N–H and O–H groups in total. The average Bonchev–Trinajstić information content (AvgIpc) is 3.41. The summed E-state index contributed by atoms with van der Waals surface area (Å²) in [4.78, 5) is 30.5. The van der Waals surface area contributed by atoms with Crippen molar-refractivity contribution in [2.75, 3.05) is 29.0 Å². The molecule has 2 amide bonds. The lowest BCUT2D eigenvalue weighted by Gasteiger charge is -2.34. The van der Waals surface area contributed by atoms with Crippen LogP contribution >= 0.6 is 0 Å². The summed E-state index contributed by atoms with van der Waals surface area (Å²) in [6, 6.07) is 7.53. The number of hydrogen-bond acceptors (Lipinski definition) is 6. The normalized spacial score (nSPS) is 24.5. The second-order valence-electron chi connectivity index (χ2n) is 7.14. The molecule has 4 rings (SSSR count). The number of carbonyl (C=O) groups excluding carboxylic acids is 2. The van der Waals surface area contributed by atoms with Gasteiger partial charge in [-0.15, -0.1) is 0 Å². The third kappa shape index (κ3) is 3.17. The molecule has 1 aliphatic carbocycles. The van der Waals surface area contributed by atoms with Crippen molar-refractivity contribution in [3.8, 4) is 6.07 Å². The Bertz CT molecular complexity index is 982. The lowest BCUT2D eigenvalue weighted by molar-refractivity contribution is -0.119. The Labute approximate surface area is 156 Å². The van der Waals surface area contributed by atoms with Crippen molar-refractivity contribution in [2.24, 2.45) is 11.8 Å². The number of amides is 2. The first-order valence-corrected chi connectivity index (χ1v) is 8.90. The molecule has 1 aliphatic heterocycles. The number of benzene rings is 1. The Balaban J connectivity index is 1.65. The van der Waals surface area contributed by atoms with E-state index in [1.54, 1.807) is 23.2 Å². The van der Waals surface area contributed by atoms with Gasteiger partial charge in [-0.05, 0) is 36.9 Å². The standard InChI is InChI=1S/C19H20N6O2/c1-10-7-22-9-18(26)25(10)13-2-11-4-17(23-8-15(11)16(21)5-13)24-19(27)14-3-12(14)6-20/h2,4-5,8,10,12,14,22H,3,7,9,21H2,1H3,(H,23,24,27)/t10?,12?,14-/m1/s1. The SMILES string of the molecule is CC1CNCC(=O)N1c1cc(N)c2cnc(NC(=O)[C@@H]3CC3C#N)cc2c1. The Morgan fingerprint density at radius 2 is 2.26 bits per heavy atom. The van der Waals surface area contributed by atoms with Gasteiger partial charge in [0, 0.05) is 35.5 Å². The quantitative estimate of drug-likeness (QED) is 0.704. The van der Waals surface area contributed by atoms with E-state index >= 15 is 0 Å². The van der Waals surface area contributed by atoms with Crippen LogP contribution in [-0.2, 0) is 9.59 Å². The van der Waals surface area contributed by atoms with Gasteiger partial charge in [-0.25, -0.2) is 4.98 Å².